The molecule has 2 atom stereocenters. The molecule has 3 aliphatic rings. The number of carbonyl (C=O) groups is 1. The number of amides is 1. The molecule has 3 aromatic rings. The zero-order valence-corrected chi connectivity index (χ0v) is 21.2. The molecule has 3 saturated heterocycles. The molecule has 36 heavy (non-hydrogen) atoms. The van der Waals surface area contributed by atoms with Crippen molar-refractivity contribution in [2.24, 2.45) is 0 Å². The Labute approximate surface area is 211 Å². The van der Waals surface area contributed by atoms with Crippen LogP contribution in [0.5, 0.6) is 0 Å². The molecular weight excluding hydrogens is 478 g/mol. The Morgan fingerprint density at radius 3 is 2.44 bits per heavy atom. The van der Waals surface area contributed by atoms with Gasteiger partial charge in [0.1, 0.15) is 11.4 Å². The number of halogens is 1. The second kappa shape index (κ2) is 8.75. The fourth-order valence-electron chi connectivity index (χ4n) is 5.10. The molecule has 1 N–H and O–H groups in total. The lowest BCUT2D eigenvalue weighted by molar-refractivity contribution is -0.161. The summed E-state index contributed by atoms with van der Waals surface area (Å²) >= 11 is 0. The predicted octanol–water partition coefficient (Wildman–Crippen LogP) is 3.75. The molecule has 6 rings (SSSR count). The number of carbonyl (C=O) groups excluding carboxylic acids is 1. The molecule has 5 heterocycles. The Morgan fingerprint density at radius 1 is 1.06 bits per heavy atom. The molecule has 1 aromatic carbocycles. The van der Waals surface area contributed by atoms with E-state index in [0.717, 1.165) is 45.6 Å². The Kier molecular flexibility index (Phi) is 5.65. The van der Waals surface area contributed by atoms with Crippen LogP contribution in [0.3, 0.4) is 0 Å². The summed E-state index contributed by atoms with van der Waals surface area (Å²) in [7, 11) is 2.90. The number of ether oxygens (including phenoxy) is 1. The lowest BCUT2D eigenvalue weighted by Gasteiger charge is -2.54. The molecule has 0 saturated carbocycles. The van der Waals surface area contributed by atoms with Crippen LogP contribution in [0.1, 0.15) is 30.1 Å². The number of benzene rings is 1. The number of pyridine rings is 1. The maximum Gasteiger partial charge on any atom is 0.258 e. The highest BCUT2D eigenvalue weighted by molar-refractivity contribution is 7.19. The minimum Gasteiger partial charge on any atom is -0.371 e. The highest BCUT2D eigenvalue weighted by Gasteiger charge is 2.50. The van der Waals surface area contributed by atoms with E-state index in [1.807, 2.05) is 4.90 Å². The molecule has 2 aromatic heterocycles. The van der Waals surface area contributed by atoms with Crippen LogP contribution in [-0.2, 0) is 4.74 Å². The van der Waals surface area contributed by atoms with Gasteiger partial charge in [0, 0.05) is 54.4 Å². The van der Waals surface area contributed by atoms with Crippen molar-refractivity contribution in [2.45, 2.75) is 30.5 Å². The highest BCUT2D eigenvalue weighted by Crippen LogP contribution is 2.41. The largest absolute Gasteiger partial charge is 0.371 e. The molecule has 186 valence electrons. The predicted molar refractivity (Wildman–Crippen MR) is 140 cm³/mol. The summed E-state index contributed by atoms with van der Waals surface area (Å²) in [6, 6.07) is 8.28. The van der Waals surface area contributed by atoms with Crippen LogP contribution in [0.25, 0.3) is 11.1 Å². The van der Waals surface area contributed by atoms with Gasteiger partial charge in [-0.1, -0.05) is 25.1 Å². The second-order valence-electron chi connectivity index (χ2n) is 10.2. The minimum atomic E-state index is -0.372. The number of rotatable bonds is 5. The number of hydrogen-bond acceptors (Lipinski definition) is 7. The van der Waals surface area contributed by atoms with E-state index in [0.29, 0.717) is 34.1 Å². The van der Waals surface area contributed by atoms with Gasteiger partial charge in [0.15, 0.2) is 5.82 Å². The molecule has 0 bridgehead atoms. The van der Waals surface area contributed by atoms with Crippen molar-refractivity contribution >= 4 is 32.6 Å². The van der Waals surface area contributed by atoms with Gasteiger partial charge in [-0.3, -0.25) is 4.79 Å². The second-order valence-corrected chi connectivity index (χ2v) is 11.6. The first-order chi connectivity index (χ1) is 17.3. The van der Waals surface area contributed by atoms with Gasteiger partial charge in [-0.15, -0.1) is 9.24 Å². The fraction of sp³-hybridized carbons (Fsp3) is 0.385. The first-order valence-corrected chi connectivity index (χ1v) is 12.7. The Balaban J connectivity index is 1.29. The average Bonchev–Trinajstić information content (AvgIpc) is 3.18. The molecule has 0 aliphatic carbocycles. The quantitative estimate of drug-likeness (QED) is 0.528. The number of nitrogens with zero attached hydrogens (tertiary/aromatic N) is 5. The molecule has 1 spiro atoms. The molecule has 8 nitrogen and oxygen atoms in total. The van der Waals surface area contributed by atoms with Crippen molar-refractivity contribution in [3.8, 4) is 11.1 Å². The van der Waals surface area contributed by atoms with Gasteiger partial charge < -0.3 is 19.9 Å². The van der Waals surface area contributed by atoms with Crippen molar-refractivity contribution in [3.05, 3.63) is 60.3 Å². The molecule has 1 amide bonds. The minimum absolute atomic E-state index is 0.0259. The van der Waals surface area contributed by atoms with Crippen molar-refractivity contribution in [1.82, 2.24) is 15.0 Å². The smallest absolute Gasteiger partial charge is 0.258 e. The van der Waals surface area contributed by atoms with Crippen LogP contribution in [0.2, 0.25) is 0 Å². The van der Waals surface area contributed by atoms with E-state index in [1.54, 1.807) is 30.5 Å². The molecular formula is C26H28FN6O2P. The standard InChI is InChI=1S/C26H28FN6O2P/c1-25(36)7-10-32(14-25)22-21(19(6-9-28-22)18-4-2-3-5-20(18)27)31-23(34)17-12-29-24(30-13-17)33-15-26(16-33)8-11-35-26/h2-6,9,12-13H,7-8,10-11,14-16,36H2,1H3,(H,31,34). The number of hydrogen-bond donors (Lipinski definition) is 1. The number of aromatic nitrogens is 3. The highest BCUT2D eigenvalue weighted by atomic mass is 31.0. The van der Waals surface area contributed by atoms with E-state index in [2.05, 4.69) is 41.3 Å². The molecule has 3 aliphatic heterocycles. The zero-order valence-electron chi connectivity index (χ0n) is 20.1. The molecule has 10 heteroatoms. The average molecular weight is 507 g/mol. The lowest BCUT2D eigenvalue weighted by atomic mass is 9.86. The van der Waals surface area contributed by atoms with Crippen LogP contribution < -0.4 is 15.1 Å². The maximum absolute atomic E-state index is 14.8. The molecule has 3 fully saturated rings. The Hall–Kier alpha value is -3.16. The van der Waals surface area contributed by atoms with Crippen molar-refractivity contribution in [3.63, 3.8) is 0 Å². The van der Waals surface area contributed by atoms with E-state index in [9.17, 15) is 9.18 Å². The van der Waals surface area contributed by atoms with Gasteiger partial charge in [0.05, 0.1) is 30.9 Å². The van der Waals surface area contributed by atoms with Crippen LogP contribution >= 0.6 is 9.24 Å². The van der Waals surface area contributed by atoms with E-state index < -0.39 is 0 Å². The summed E-state index contributed by atoms with van der Waals surface area (Å²) in [4.78, 5) is 30.9. The maximum atomic E-state index is 14.8. The Bertz CT molecular complexity index is 1310. The third kappa shape index (κ3) is 4.20. The van der Waals surface area contributed by atoms with Crippen molar-refractivity contribution in [2.75, 3.05) is 47.9 Å². The van der Waals surface area contributed by atoms with Crippen molar-refractivity contribution < 1.29 is 13.9 Å². The lowest BCUT2D eigenvalue weighted by Crippen LogP contribution is -2.68. The summed E-state index contributed by atoms with van der Waals surface area (Å²) in [6.07, 6.45) is 6.75. The third-order valence-electron chi connectivity index (χ3n) is 7.25. The van der Waals surface area contributed by atoms with E-state index >= 15 is 0 Å². The first kappa shape index (κ1) is 23.3. The summed E-state index contributed by atoms with van der Waals surface area (Å²) in [5, 5.41) is 3.05. The van der Waals surface area contributed by atoms with Gasteiger partial charge in [-0.25, -0.2) is 19.3 Å². The van der Waals surface area contributed by atoms with Crippen LogP contribution in [0.15, 0.2) is 48.9 Å². The number of anilines is 3. The summed E-state index contributed by atoms with van der Waals surface area (Å²) in [6.45, 7) is 6.07. The van der Waals surface area contributed by atoms with Gasteiger partial charge in [0.2, 0.25) is 5.95 Å². The van der Waals surface area contributed by atoms with E-state index in [4.69, 9.17) is 4.74 Å². The summed E-state index contributed by atoms with van der Waals surface area (Å²) in [5.74, 6) is 0.472. The van der Waals surface area contributed by atoms with Gasteiger partial charge in [-0.2, -0.15) is 0 Å². The van der Waals surface area contributed by atoms with Crippen molar-refractivity contribution in [1.29, 1.82) is 0 Å². The SMILES string of the molecule is CC1(P)CCN(c2nccc(-c3ccccc3F)c2NC(=O)c2cnc(N3CC4(CCO4)C3)nc2)C1. The van der Waals surface area contributed by atoms with Crippen LogP contribution in [0, 0.1) is 5.82 Å². The van der Waals surface area contributed by atoms with E-state index in [1.165, 1.54) is 18.5 Å². The molecule has 0 radical (unpaired) electrons. The normalized spacial score (nSPS) is 22.3. The van der Waals surface area contributed by atoms with Gasteiger partial charge in [0.25, 0.3) is 5.91 Å². The monoisotopic (exact) mass is 506 g/mol. The van der Waals surface area contributed by atoms with Gasteiger partial charge in [-0.05, 0) is 18.6 Å². The topological polar surface area (TPSA) is 83.5 Å². The summed E-state index contributed by atoms with van der Waals surface area (Å²) in [5.41, 5.74) is 1.75. The van der Waals surface area contributed by atoms with Crippen LogP contribution in [-0.4, -0.2) is 64.4 Å². The third-order valence-corrected chi connectivity index (χ3v) is 7.72. The first-order valence-electron chi connectivity index (χ1n) is 12.1. The van der Waals surface area contributed by atoms with Crippen LogP contribution in [0.4, 0.5) is 21.8 Å². The fourth-order valence-corrected chi connectivity index (χ4v) is 5.45. The van der Waals surface area contributed by atoms with Gasteiger partial charge >= 0.3 is 0 Å². The zero-order chi connectivity index (χ0) is 24.9. The van der Waals surface area contributed by atoms with E-state index in [-0.39, 0.29) is 22.5 Å². The Morgan fingerprint density at radius 2 is 1.81 bits per heavy atom. The number of nitrogens with one attached hydrogen (secondary N) is 1. The molecule has 2 unspecified atom stereocenters. The summed E-state index contributed by atoms with van der Waals surface area (Å²) < 4.78 is 20.5.